The summed E-state index contributed by atoms with van der Waals surface area (Å²) in [6, 6.07) is 16.2. The summed E-state index contributed by atoms with van der Waals surface area (Å²) in [6.45, 7) is 2.40. The highest BCUT2D eigenvalue weighted by molar-refractivity contribution is 5.96. The van der Waals surface area contributed by atoms with E-state index in [1.54, 1.807) is 36.4 Å². The third kappa shape index (κ3) is 5.44. The lowest BCUT2D eigenvalue weighted by molar-refractivity contribution is -0.394. The van der Waals surface area contributed by atoms with E-state index < -0.39 is 27.1 Å². The van der Waals surface area contributed by atoms with E-state index in [1.165, 1.54) is 18.3 Å². The molecule has 0 saturated carbocycles. The maximum atomic E-state index is 12.4. The van der Waals surface area contributed by atoms with Gasteiger partial charge in [-0.3, -0.25) is 25.0 Å². The molecule has 0 aliphatic rings. The van der Waals surface area contributed by atoms with E-state index in [1.807, 2.05) is 6.92 Å². The van der Waals surface area contributed by atoms with E-state index in [0.717, 1.165) is 23.6 Å². The Balaban J connectivity index is 1.39. The van der Waals surface area contributed by atoms with E-state index in [-0.39, 0.29) is 17.3 Å². The van der Waals surface area contributed by atoms with Gasteiger partial charge in [0.25, 0.3) is 5.69 Å². The van der Waals surface area contributed by atoms with Gasteiger partial charge < -0.3 is 13.9 Å². The number of carbonyl (C=O) groups excluding carboxylic acids is 1. The predicted molar refractivity (Wildman–Crippen MR) is 129 cm³/mol. The zero-order valence-corrected chi connectivity index (χ0v) is 18.7. The number of amides is 1. The number of benzene rings is 3. The lowest BCUT2D eigenvalue weighted by atomic mass is 10.2. The van der Waals surface area contributed by atoms with Crippen LogP contribution >= 0.6 is 0 Å². The minimum absolute atomic E-state index is 0.0873. The van der Waals surface area contributed by atoms with Gasteiger partial charge in [0.1, 0.15) is 17.1 Å². The first-order valence-electron chi connectivity index (χ1n) is 10.5. The number of nitrogens with one attached hydrogen (secondary N) is 1. The van der Waals surface area contributed by atoms with Crippen molar-refractivity contribution in [2.45, 2.75) is 6.92 Å². The summed E-state index contributed by atoms with van der Waals surface area (Å²) >= 11 is 0. The Labute approximate surface area is 203 Å². The molecule has 12 heteroatoms. The minimum atomic E-state index is -0.758. The van der Waals surface area contributed by atoms with Gasteiger partial charge in [0.15, 0.2) is 5.76 Å². The van der Waals surface area contributed by atoms with Crippen LogP contribution in [0.5, 0.6) is 17.2 Å². The second-order valence-electron chi connectivity index (χ2n) is 7.28. The number of nitro benzene ring substituents is 2. The highest BCUT2D eigenvalue weighted by atomic mass is 16.6. The first-order valence-corrected chi connectivity index (χ1v) is 10.5. The number of fused-ring (bicyclic) bond motifs is 1. The van der Waals surface area contributed by atoms with Crippen molar-refractivity contribution in [3.8, 4) is 17.2 Å². The summed E-state index contributed by atoms with van der Waals surface area (Å²) in [4.78, 5) is 33.0. The van der Waals surface area contributed by atoms with Gasteiger partial charge >= 0.3 is 11.6 Å². The monoisotopic (exact) mass is 490 g/mol. The maximum Gasteiger partial charge on any atom is 0.318 e. The largest absolute Gasteiger partial charge is 0.494 e. The molecule has 0 bridgehead atoms. The van der Waals surface area contributed by atoms with Gasteiger partial charge in [-0.15, -0.1) is 0 Å². The second-order valence-corrected chi connectivity index (χ2v) is 7.28. The zero-order chi connectivity index (χ0) is 25.7. The fourth-order valence-electron chi connectivity index (χ4n) is 3.21. The number of furan rings is 1. The normalized spacial score (nSPS) is 10.9. The fraction of sp³-hybridized carbons (Fsp3) is 0.0833. The molecule has 0 spiro atoms. The first-order chi connectivity index (χ1) is 17.3. The van der Waals surface area contributed by atoms with Crippen molar-refractivity contribution in [2.24, 2.45) is 5.10 Å². The van der Waals surface area contributed by atoms with Gasteiger partial charge in [0.05, 0.1) is 28.7 Å². The average Bonchev–Trinajstić information content (AvgIpc) is 3.29. The molecule has 0 saturated heterocycles. The van der Waals surface area contributed by atoms with Crippen LogP contribution in [0.1, 0.15) is 23.0 Å². The van der Waals surface area contributed by atoms with Crippen molar-refractivity contribution < 1.29 is 28.5 Å². The van der Waals surface area contributed by atoms with Gasteiger partial charge in [0.2, 0.25) is 5.75 Å². The van der Waals surface area contributed by atoms with Gasteiger partial charge in [0, 0.05) is 11.5 Å². The summed E-state index contributed by atoms with van der Waals surface area (Å²) in [5.41, 5.74) is 2.58. The maximum absolute atomic E-state index is 12.4. The van der Waals surface area contributed by atoms with Gasteiger partial charge in [-0.05, 0) is 67.1 Å². The Hall–Kier alpha value is -5.26. The van der Waals surface area contributed by atoms with Crippen LogP contribution in [0.2, 0.25) is 0 Å². The Kier molecular flexibility index (Phi) is 6.86. The van der Waals surface area contributed by atoms with E-state index >= 15 is 0 Å². The van der Waals surface area contributed by atoms with Crippen molar-refractivity contribution in [3.63, 3.8) is 0 Å². The number of hydrogen-bond acceptors (Lipinski definition) is 9. The molecule has 1 N–H and O–H groups in total. The molecule has 36 heavy (non-hydrogen) atoms. The van der Waals surface area contributed by atoms with E-state index in [0.29, 0.717) is 23.5 Å². The van der Waals surface area contributed by atoms with E-state index in [9.17, 15) is 25.0 Å². The van der Waals surface area contributed by atoms with Gasteiger partial charge in [-0.1, -0.05) is 0 Å². The molecule has 0 fully saturated rings. The molecule has 12 nitrogen and oxygen atoms in total. The Morgan fingerprint density at radius 2 is 1.75 bits per heavy atom. The molecule has 0 atom stereocenters. The van der Waals surface area contributed by atoms with E-state index in [4.69, 9.17) is 13.9 Å². The quantitative estimate of drug-likeness (QED) is 0.190. The summed E-state index contributed by atoms with van der Waals surface area (Å²) in [5.74, 6) is 0.349. The number of nitro groups is 2. The van der Waals surface area contributed by atoms with Crippen LogP contribution in [-0.4, -0.2) is 28.6 Å². The molecule has 1 heterocycles. The number of non-ortho nitro benzene ring substituents is 1. The molecule has 0 aliphatic carbocycles. The van der Waals surface area contributed by atoms with Crippen molar-refractivity contribution in [1.29, 1.82) is 0 Å². The number of nitrogens with zero attached hydrogens (tertiary/aromatic N) is 3. The molecule has 0 radical (unpaired) electrons. The number of hydrogen-bond donors (Lipinski definition) is 1. The molecular formula is C24H18N4O8. The SMILES string of the molecule is CCOc1ccc2oc(C(=O)N/N=C/c3ccc(Oc4ccc([N+](=O)[O-])cc4[N+](=O)[O-])cc3)cc2c1. The van der Waals surface area contributed by atoms with Crippen LogP contribution in [0.4, 0.5) is 11.4 Å². The Bertz CT molecular complexity index is 1480. The van der Waals surface area contributed by atoms with Crippen LogP contribution in [0.3, 0.4) is 0 Å². The lowest BCUT2D eigenvalue weighted by Gasteiger charge is -2.06. The average molecular weight is 490 g/mol. The summed E-state index contributed by atoms with van der Waals surface area (Å²) < 4.78 is 16.5. The van der Waals surface area contributed by atoms with Crippen LogP contribution in [-0.2, 0) is 0 Å². The van der Waals surface area contributed by atoms with Crippen LogP contribution in [0, 0.1) is 20.2 Å². The van der Waals surface area contributed by atoms with Crippen molar-refractivity contribution in [3.05, 3.63) is 98.3 Å². The summed E-state index contributed by atoms with van der Waals surface area (Å²) in [6.07, 6.45) is 1.39. The van der Waals surface area contributed by atoms with Crippen molar-refractivity contribution >= 4 is 34.5 Å². The van der Waals surface area contributed by atoms with Gasteiger partial charge in [-0.25, -0.2) is 5.43 Å². The Morgan fingerprint density at radius 3 is 2.44 bits per heavy atom. The summed E-state index contributed by atoms with van der Waals surface area (Å²) in [7, 11) is 0. The first kappa shape index (κ1) is 23.9. The molecule has 1 amide bonds. The highest BCUT2D eigenvalue weighted by Crippen LogP contribution is 2.34. The zero-order valence-electron chi connectivity index (χ0n) is 18.7. The molecular weight excluding hydrogens is 472 g/mol. The molecule has 0 unspecified atom stereocenters. The summed E-state index contributed by atoms with van der Waals surface area (Å²) in [5, 5.41) is 26.7. The number of ether oxygens (including phenoxy) is 2. The molecule has 3 aromatic carbocycles. The van der Waals surface area contributed by atoms with Crippen molar-refractivity contribution in [2.75, 3.05) is 6.61 Å². The number of carbonyl (C=O) groups is 1. The molecule has 4 rings (SSSR count). The second kappa shape index (κ2) is 10.3. The smallest absolute Gasteiger partial charge is 0.318 e. The predicted octanol–water partition coefficient (Wildman–Crippen LogP) is 5.20. The van der Waals surface area contributed by atoms with Crippen LogP contribution in [0.15, 0.2) is 76.2 Å². The minimum Gasteiger partial charge on any atom is -0.494 e. The highest BCUT2D eigenvalue weighted by Gasteiger charge is 2.21. The van der Waals surface area contributed by atoms with Crippen molar-refractivity contribution in [1.82, 2.24) is 5.43 Å². The van der Waals surface area contributed by atoms with Crippen LogP contribution < -0.4 is 14.9 Å². The third-order valence-electron chi connectivity index (χ3n) is 4.86. The fourth-order valence-corrected chi connectivity index (χ4v) is 3.21. The van der Waals surface area contributed by atoms with E-state index in [2.05, 4.69) is 10.5 Å². The number of hydrazone groups is 1. The third-order valence-corrected chi connectivity index (χ3v) is 4.86. The molecule has 4 aromatic rings. The lowest BCUT2D eigenvalue weighted by Crippen LogP contribution is -2.16. The topological polar surface area (TPSA) is 159 Å². The number of rotatable bonds is 9. The van der Waals surface area contributed by atoms with Crippen LogP contribution in [0.25, 0.3) is 11.0 Å². The standard InChI is InChI=1S/C24H18N4O8/c1-2-34-19-8-10-21-16(11-19)12-23(36-21)24(29)26-25-14-15-3-6-18(7-4-15)35-22-9-5-17(27(30)31)13-20(22)28(32)33/h3-14H,2H2,1H3,(H,26,29)/b25-14+. The molecule has 182 valence electrons. The molecule has 1 aromatic heterocycles. The Morgan fingerprint density at radius 1 is 1.00 bits per heavy atom. The molecule has 0 aliphatic heterocycles. The van der Waals surface area contributed by atoms with Gasteiger partial charge in [-0.2, -0.15) is 5.10 Å².